The molecule has 2 aliphatic rings. The first kappa shape index (κ1) is 18.9. The minimum absolute atomic E-state index is 0.0646. The van der Waals surface area contributed by atoms with E-state index in [4.69, 9.17) is 9.47 Å². The Morgan fingerprint density at radius 1 is 1.17 bits per heavy atom. The molecule has 1 atom stereocenters. The molecule has 2 aliphatic heterocycles. The number of rotatable bonds is 4. The van der Waals surface area contributed by atoms with Gasteiger partial charge in [0, 0.05) is 62.4 Å². The van der Waals surface area contributed by atoms with Gasteiger partial charge in [-0.15, -0.1) is 0 Å². The van der Waals surface area contributed by atoms with Crippen LogP contribution in [0.15, 0.2) is 47.3 Å². The van der Waals surface area contributed by atoms with E-state index in [0.717, 1.165) is 12.8 Å². The summed E-state index contributed by atoms with van der Waals surface area (Å²) in [6, 6.07) is 10.6. The highest BCUT2D eigenvalue weighted by Gasteiger charge is 2.41. The summed E-state index contributed by atoms with van der Waals surface area (Å²) in [7, 11) is 2.07. The highest BCUT2D eigenvalue weighted by molar-refractivity contribution is 7.08. The molecule has 2 saturated heterocycles. The second-order valence-electron chi connectivity index (χ2n) is 8.01. The van der Waals surface area contributed by atoms with Crippen LogP contribution in [0.5, 0.6) is 0 Å². The van der Waals surface area contributed by atoms with Gasteiger partial charge < -0.3 is 18.9 Å². The third kappa shape index (κ3) is 3.50. The molecule has 2 fully saturated rings. The van der Waals surface area contributed by atoms with Crippen molar-refractivity contribution in [2.24, 2.45) is 7.05 Å². The number of piperidine rings is 1. The number of amides is 1. The third-order valence-corrected chi connectivity index (χ3v) is 7.02. The zero-order valence-electron chi connectivity index (χ0n) is 16.7. The molecule has 0 bridgehead atoms. The molecular formula is C23H26N2O3S. The molecule has 1 unspecified atom stereocenters. The smallest absolute Gasteiger partial charge is 0.223 e. The summed E-state index contributed by atoms with van der Waals surface area (Å²) >= 11 is 1.69. The van der Waals surface area contributed by atoms with Crippen molar-refractivity contribution in [3.8, 4) is 0 Å². The second kappa shape index (κ2) is 7.59. The summed E-state index contributed by atoms with van der Waals surface area (Å²) in [4.78, 5) is 15.3. The lowest BCUT2D eigenvalue weighted by molar-refractivity contribution is -0.187. The quantitative estimate of drug-likeness (QED) is 0.650. The van der Waals surface area contributed by atoms with Crippen molar-refractivity contribution < 1.29 is 14.3 Å². The van der Waals surface area contributed by atoms with E-state index < -0.39 is 5.79 Å². The molecule has 1 aromatic carbocycles. The minimum atomic E-state index is -0.445. The predicted octanol–water partition coefficient (Wildman–Crippen LogP) is 4.13. The van der Waals surface area contributed by atoms with Gasteiger partial charge in [0.2, 0.25) is 5.91 Å². The SMILES string of the molecule is Cn1cc(C(CC(=O)N2CCC3(CC2)OCCO3)c2ccsc2)c2ccccc21. The van der Waals surface area contributed by atoms with E-state index in [2.05, 4.69) is 58.9 Å². The number of aromatic nitrogens is 1. The van der Waals surface area contributed by atoms with Crippen molar-refractivity contribution in [2.75, 3.05) is 26.3 Å². The van der Waals surface area contributed by atoms with Crippen LogP contribution in [0.3, 0.4) is 0 Å². The second-order valence-corrected chi connectivity index (χ2v) is 8.79. The lowest BCUT2D eigenvalue weighted by atomic mass is 9.89. The molecule has 0 radical (unpaired) electrons. The molecule has 0 aliphatic carbocycles. The fourth-order valence-electron chi connectivity index (χ4n) is 4.72. The van der Waals surface area contributed by atoms with Crippen molar-refractivity contribution in [3.05, 3.63) is 58.4 Å². The molecule has 1 amide bonds. The van der Waals surface area contributed by atoms with Crippen LogP contribution in [0.25, 0.3) is 10.9 Å². The normalized spacial score (nSPS) is 19.8. The van der Waals surface area contributed by atoms with Crippen molar-refractivity contribution in [2.45, 2.75) is 31.0 Å². The van der Waals surface area contributed by atoms with E-state index in [1.54, 1.807) is 11.3 Å². The Morgan fingerprint density at radius 2 is 1.93 bits per heavy atom. The van der Waals surface area contributed by atoms with Gasteiger partial charge in [-0.1, -0.05) is 18.2 Å². The van der Waals surface area contributed by atoms with E-state index in [0.29, 0.717) is 32.7 Å². The molecule has 1 spiro atoms. The van der Waals surface area contributed by atoms with Gasteiger partial charge in [0.25, 0.3) is 0 Å². The van der Waals surface area contributed by atoms with Crippen LogP contribution in [0.2, 0.25) is 0 Å². The summed E-state index contributed by atoms with van der Waals surface area (Å²) < 4.78 is 13.8. The van der Waals surface area contributed by atoms with Crippen LogP contribution in [-0.2, 0) is 21.3 Å². The molecule has 4 heterocycles. The monoisotopic (exact) mass is 410 g/mol. The molecule has 29 heavy (non-hydrogen) atoms. The first-order chi connectivity index (χ1) is 14.2. The van der Waals surface area contributed by atoms with Crippen LogP contribution >= 0.6 is 11.3 Å². The molecule has 6 heteroatoms. The van der Waals surface area contributed by atoms with Gasteiger partial charge in [-0.2, -0.15) is 11.3 Å². The number of ether oxygens (including phenoxy) is 2. The number of hydrogen-bond donors (Lipinski definition) is 0. The van der Waals surface area contributed by atoms with Crippen LogP contribution in [0.1, 0.15) is 36.3 Å². The molecule has 0 saturated carbocycles. The van der Waals surface area contributed by atoms with Crippen molar-refractivity contribution in [1.29, 1.82) is 0 Å². The maximum absolute atomic E-state index is 13.3. The number of carbonyl (C=O) groups is 1. The fraction of sp³-hybridized carbons (Fsp3) is 0.435. The number of para-hydroxylation sites is 1. The highest BCUT2D eigenvalue weighted by atomic mass is 32.1. The highest BCUT2D eigenvalue weighted by Crippen LogP contribution is 2.37. The minimum Gasteiger partial charge on any atom is -0.350 e. The molecule has 152 valence electrons. The van der Waals surface area contributed by atoms with Gasteiger partial charge >= 0.3 is 0 Å². The Labute approximate surface area is 174 Å². The standard InChI is InChI=1S/C23H26N2O3S/c1-24-15-20(18-4-2-3-5-21(18)24)19(17-6-13-29-16-17)14-22(26)25-9-7-23(8-10-25)27-11-12-28-23/h2-6,13,15-16,19H,7-12,14H2,1H3. The number of aryl methyl sites for hydroxylation is 1. The number of carbonyl (C=O) groups excluding carboxylic acids is 1. The first-order valence-electron chi connectivity index (χ1n) is 10.3. The Morgan fingerprint density at radius 3 is 2.66 bits per heavy atom. The van der Waals surface area contributed by atoms with E-state index in [1.807, 2.05) is 4.90 Å². The number of likely N-dealkylation sites (tertiary alicyclic amines) is 1. The van der Waals surface area contributed by atoms with Crippen LogP contribution in [0.4, 0.5) is 0 Å². The van der Waals surface area contributed by atoms with Crippen LogP contribution in [0, 0.1) is 0 Å². The van der Waals surface area contributed by atoms with Gasteiger partial charge in [-0.3, -0.25) is 4.79 Å². The molecule has 3 aromatic rings. The number of nitrogens with zero attached hydrogens (tertiary/aromatic N) is 2. The van der Waals surface area contributed by atoms with E-state index >= 15 is 0 Å². The van der Waals surface area contributed by atoms with Crippen LogP contribution in [-0.4, -0.2) is 47.5 Å². The number of thiophene rings is 1. The van der Waals surface area contributed by atoms with Gasteiger partial charge in [-0.05, 0) is 34.0 Å². The Hall–Kier alpha value is -2.15. The summed E-state index contributed by atoms with van der Waals surface area (Å²) in [5.74, 6) is -0.171. The number of benzene rings is 1. The van der Waals surface area contributed by atoms with Gasteiger partial charge in [0.05, 0.1) is 13.2 Å². The summed E-state index contributed by atoms with van der Waals surface area (Å²) in [5, 5.41) is 5.49. The number of hydrogen-bond acceptors (Lipinski definition) is 4. The van der Waals surface area contributed by atoms with E-state index in [-0.39, 0.29) is 11.8 Å². The van der Waals surface area contributed by atoms with Crippen LogP contribution < -0.4 is 0 Å². The summed E-state index contributed by atoms with van der Waals surface area (Å²) in [6.07, 6.45) is 4.19. The average molecular weight is 411 g/mol. The third-order valence-electron chi connectivity index (χ3n) is 6.32. The van der Waals surface area contributed by atoms with Crippen molar-refractivity contribution in [1.82, 2.24) is 9.47 Å². The topological polar surface area (TPSA) is 43.7 Å². The van der Waals surface area contributed by atoms with Gasteiger partial charge in [-0.25, -0.2) is 0 Å². The van der Waals surface area contributed by atoms with Gasteiger partial charge in [0.1, 0.15) is 0 Å². The lowest BCUT2D eigenvalue weighted by Crippen LogP contribution is -2.47. The fourth-order valence-corrected chi connectivity index (χ4v) is 5.43. The Bertz CT molecular complexity index is 994. The maximum Gasteiger partial charge on any atom is 0.223 e. The molecule has 5 nitrogen and oxygen atoms in total. The lowest BCUT2D eigenvalue weighted by Gasteiger charge is -2.38. The zero-order valence-corrected chi connectivity index (χ0v) is 17.5. The predicted molar refractivity (Wildman–Crippen MR) is 114 cm³/mol. The number of fused-ring (bicyclic) bond motifs is 1. The van der Waals surface area contributed by atoms with Crippen molar-refractivity contribution in [3.63, 3.8) is 0 Å². The molecule has 5 rings (SSSR count). The Balaban J connectivity index is 1.39. The Kier molecular flexibility index (Phi) is 4.94. The van der Waals surface area contributed by atoms with Crippen molar-refractivity contribution >= 4 is 28.1 Å². The summed E-state index contributed by atoms with van der Waals surface area (Å²) in [5.41, 5.74) is 3.65. The zero-order chi connectivity index (χ0) is 19.8. The molecule has 2 aromatic heterocycles. The average Bonchev–Trinajstić information content (AvgIpc) is 3.49. The van der Waals surface area contributed by atoms with Gasteiger partial charge in [0.15, 0.2) is 5.79 Å². The maximum atomic E-state index is 13.3. The largest absolute Gasteiger partial charge is 0.350 e. The van der Waals surface area contributed by atoms with E-state index in [1.165, 1.54) is 22.0 Å². The molecule has 0 N–H and O–H groups in total. The summed E-state index contributed by atoms with van der Waals surface area (Å²) in [6.45, 7) is 2.72. The first-order valence-corrected chi connectivity index (χ1v) is 11.2. The molecular weight excluding hydrogens is 384 g/mol. The van der Waals surface area contributed by atoms with E-state index in [9.17, 15) is 4.79 Å².